The molecular weight excluding hydrogens is 537 g/mol. The summed E-state index contributed by atoms with van der Waals surface area (Å²) in [5.41, 5.74) is 5.72. The number of nitrogens with zero attached hydrogens (tertiary/aromatic N) is 3. The van der Waals surface area contributed by atoms with Crippen LogP contribution in [0, 0.1) is 19.7 Å². The van der Waals surface area contributed by atoms with Gasteiger partial charge >= 0.3 is 0 Å². The Morgan fingerprint density at radius 2 is 1.95 bits per heavy atom. The molecule has 1 saturated heterocycles. The largest absolute Gasteiger partial charge is 0.375 e. The summed E-state index contributed by atoms with van der Waals surface area (Å²) in [7, 11) is 1.45. The summed E-state index contributed by atoms with van der Waals surface area (Å²) in [4.78, 5) is 18.7. The van der Waals surface area contributed by atoms with Crippen LogP contribution in [0.4, 0.5) is 15.8 Å². The molecule has 39 heavy (non-hydrogen) atoms. The number of carbonyl (C=O) groups excluding carboxylic acids is 1. The molecule has 0 radical (unpaired) electrons. The SMILES string of the molecule is COCC(=O)Nc1ccc(N2C(=S)N[C@@H](c3ccccn3)[C@@H]2c2cc(C)n(-c3cccc(F)c3)c2C)cc1Cl. The Bertz CT molecular complexity index is 1540. The molecule has 1 aliphatic heterocycles. The van der Waals surface area contributed by atoms with Crippen molar-refractivity contribution >= 4 is 46.2 Å². The van der Waals surface area contributed by atoms with Crippen LogP contribution in [0.1, 0.15) is 34.7 Å². The van der Waals surface area contributed by atoms with E-state index in [2.05, 4.69) is 21.7 Å². The van der Waals surface area contributed by atoms with Crippen molar-refractivity contribution in [3.63, 3.8) is 0 Å². The second kappa shape index (κ2) is 11.1. The maximum Gasteiger partial charge on any atom is 0.250 e. The Balaban J connectivity index is 1.61. The molecule has 2 aromatic carbocycles. The van der Waals surface area contributed by atoms with E-state index in [-0.39, 0.29) is 30.4 Å². The minimum Gasteiger partial charge on any atom is -0.375 e. The summed E-state index contributed by atoms with van der Waals surface area (Å²) in [6.45, 7) is 3.94. The fourth-order valence-electron chi connectivity index (χ4n) is 5.12. The van der Waals surface area contributed by atoms with E-state index in [1.165, 1.54) is 19.2 Å². The van der Waals surface area contributed by atoms with E-state index in [9.17, 15) is 9.18 Å². The maximum absolute atomic E-state index is 14.1. The van der Waals surface area contributed by atoms with Gasteiger partial charge < -0.3 is 24.8 Å². The first-order chi connectivity index (χ1) is 18.8. The zero-order valence-electron chi connectivity index (χ0n) is 21.6. The summed E-state index contributed by atoms with van der Waals surface area (Å²) in [6.07, 6.45) is 1.75. The van der Waals surface area contributed by atoms with Gasteiger partial charge in [-0.15, -0.1) is 0 Å². The van der Waals surface area contributed by atoms with Crippen LogP contribution in [-0.4, -0.2) is 34.3 Å². The van der Waals surface area contributed by atoms with Gasteiger partial charge in [-0.3, -0.25) is 9.78 Å². The quantitative estimate of drug-likeness (QED) is 0.267. The third-order valence-corrected chi connectivity index (χ3v) is 7.36. The lowest BCUT2D eigenvalue weighted by Gasteiger charge is -2.28. The first kappa shape index (κ1) is 26.8. The average Bonchev–Trinajstić information content (AvgIpc) is 3.40. The van der Waals surface area contributed by atoms with Gasteiger partial charge in [-0.2, -0.15) is 0 Å². The number of anilines is 2. The van der Waals surface area contributed by atoms with Crippen molar-refractivity contribution in [2.24, 2.45) is 0 Å². The van der Waals surface area contributed by atoms with Crippen LogP contribution in [0.5, 0.6) is 0 Å². The summed E-state index contributed by atoms with van der Waals surface area (Å²) < 4.78 is 21.1. The number of carbonyl (C=O) groups is 1. The monoisotopic (exact) mass is 563 g/mol. The molecule has 200 valence electrons. The number of ether oxygens (including phenoxy) is 1. The van der Waals surface area contributed by atoms with Crippen molar-refractivity contribution in [2.75, 3.05) is 23.9 Å². The second-order valence-electron chi connectivity index (χ2n) is 9.28. The molecule has 1 aliphatic rings. The molecule has 2 atom stereocenters. The first-order valence-electron chi connectivity index (χ1n) is 12.3. The third kappa shape index (κ3) is 5.25. The summed E-state index contributed by atoms with van der Waals surface area (Å²) in [5.74, 6) is -0.603. The number of rotatable bonds is 7. The zero-order chi connectivity index (χ0) is 27.7. The molecule has 2 aromatic heterocycles. The van der Waals surface area contributed by atoms with Crippen molar-refractivity contribution in [1.29, 1.82) is 0 Å². The zero-order valence-corrected chi connectivity index (χ0v) is 23.2. The van der Waals surface area contributed by atoms with Gasteiger partial charge in [0.1, 0.15) is 12.4 Å². The van der Waals surface area contributed by atoms with Crippen LogP contribution >= 0.6 is 23.8 Å². The molecule has 2 N–H and O–H groups in total. The average molecular weight is 564 g/mol. The Hall–Kier alpha value is -3.79. The molecule has 7 nitrogen and oxygen atoms in total. The molecule has 0 spiro atoms. The van der Waals surface area contributed by atoms with E-state index < -0.39 is 0 Å². The minimum atomic E-state index is -0.302. The number of halogens is 2. The lowest BCUT2D eigenvalue weighted by atomic mass is 9.96. The van der Waals surface area contributed by atoms with Crippen LogP contribution in [0.25, 0.3) is 5.69 Å². The third-order valence-electron chi connectivity index (χ3n) is 6.73. The molecule has 0 saturated carbocycles. The van der Waals surface area contributed by atoms with Crippen molar-refractivity contribution in [3.05, 3.63) is 106 Å². The molecule has 0 aliphatic carbocycles. The van der Waals surface area contributed by atoms with Gasteiger partial charge in [-0.25, -0.2) is 4.39 Å². The lowest BCUT2D eigenvalue weighted by molar-refractivity contribution is -0.119. The summed E-state index contributed by atoms with van der Waals surface area (Å²) in [6, 6.07) is 19.2. The molecule has 3 heterocycles. The number of benzene rings is 2. The number of thiocarbonyl (C=S) groups is 1. The van der Waals surface area contributed by atoms with Crippen LogP contribution in [0.2, 0.25) is 5.02 Å². The van der Waals surface area contributed by atoms with Gasteiger partial charge in [0.15, 0.2) is 5.11 Å². The van der Waals surface area contributed by atoms with Gasteiger partial charge in [0.2, 0.25) is 5.91 Å². The van der Waals surface area contributed by atoms with E-state index in [0.29, 0.717) is 15.8 Å². The number of hydrogen-bond donors (Lipinski definition) is 2. The van der Waals surface area contributed by atoms with Crippen LogP contribution in [0.3, 0.4) is 0 Å². The van der Waals surface area contributed by atoms with Gasteiger partial charge in [0, 0.05) is 36.1 Å². The number of hydrogen-bond acceptors (Lipinski definition) is 4. The van der Waals surface area contributed by atoms with Gasteiger partial charge in [-0.05, 0) is 86.2 Å². The first-order valence-corrected chi connectivity index (χ1v) is 13.1. The maximum atomic E-state index is 14.1. The van der Waals surface area contributed by atoms with Crippen LogP contribution < -0.4 is 15.5 Å². The highest BCUT2D eigenvalue weighted by atomic mass is 35.5. The predicted octanol–water partition coefficient (Wildman–Crippen LogP) is 6.04. The molecule has 5 rings (SSSR count). The summed E-state index contributed by atoms with van der Waals surface area (Å²) in [5, 5.41) is 7.08. The van der Waals surface area contributed by atoms with Crippen molar-refractivity contribution in [1.82, 2.24) is 14.9 Å². The predicted molar refractivity (Wildman–Crippen MR) is 155 cm³/mol. The lowest BCUT2D eigenvalue weighted by Crippen LogP contribution is -2.29. The highest BCUT2D eigenvalue weighted by Gasteiger charge is 2.42. The number of methoxy groups -OCH3 is 1. The second-order valence-corrected chi connectivity index (χ2v) is 10.1. The van der Waals surface area contributed by atoms with Crippen LogP contribution in [-0.2, 0) is 9.53 Å². The van der Waals surface area contributed by atoms with E-state index in [1.807, 2.05) is 53.6 Å². The molecule has 1 fully saturated rings. The van der Waals surface area contributed by atoms with Gasteiger partial charge in [0.05, 0.1) is 28.5 Å². The molecule has 10 heteroatoms. The van der Waals surface area contributed by atoms with Crippen LogP contribution in [0.15, 0.2) is 72.9 Å². The van der Waals surface area contributed by atoms with E-state index in [4.69, 9.17) is 28.6 Å². The topological polar surface area (TPSA) is 71.4 Å². The fourth-order valence-corrected chi connectivity index (χ4v) is 5.69. The Labute approximate surface area is 236 Å². The van der Waals surface area contributed by atoms with Crippen molar-refractivity contribution < 1.29 is 13.9 Å². The normalized spacial score (nSPS) is 16.8. The number of pyridine rings is 1. The standard InChI is InChI=1S/C29H27ClFN5O2S/c1-17-13-22(18(2)35(17)20-8-6-7-19(31)14-20)28-27(25-9-4-5-12-32-25)34-29(39)36(28)21-10-11-24(23(30)15-21)33-26(37)16-38-3/h4-15,27-28H,16H2,1-3H3,(H,33,37)(H,34,39)/t27-,28-/m0/s1. The smallest absolute Gasteiger partial charge is 0.250 e. The molecular formula is C29H27ClFN5O2S. The number of nitrogens with one attached hydrogen (secondary N) is 2. The van der Waals surface area contributed by atoms with Gasteiger partial charge in [-0.1, -0.05) is 23.7 Å². The Morgan fingerprint density at radius 1 is 1.13 bits per heavy atom. The highest BCUT2D eigenvalue weighted by Crippen LogP contribution is 2.44. The summed E-state index contributed by atoms with van der Waals surface area (Å²) >= 11 is 12.5. The Morgan fingerprint density at radius 3 is 2.64 bits per heavy atom. The number of aryl methyl sites for hydroxylation is 1. The van der Waals surface area contributed by atoms with E-state index in [1.54, 1.807) is 24.4 Å². The van der Waals surface area contributed by atoms with Crippen molar-refractivity contribution in [3.8, 4) is 5.69 Å². The number of amides is 1. The highest BCUT2D eigenvalue weighted by molar-refractivity contribution is 7.80. The van der Waals surface area contributed by atoms with E-state index in [0.717, 1.165) is 34.0 Å². The molecule has 1 amide bonds. The minimum absolute atomic E-state index is 0.0764. The van der Waals surface area contributed by atoms with Crippen molar-refractivity contribution in [2.45, 2.75) is 25.9 Å². The Kier molecular flexibility index (Phi) is 7.65. The molecule has 0 unspecified atom stereocenters. The van der Waals surface area contributed by atoms with E-state index >= 15 is 0 Å². The molecule has 0 bridgehead atoms. The number of aromatic nitrogens is 2. The fraction of sp³-hybridized carbons (Fsp3) is 0.207. The molecule has 4 aromatic rings. The van der Waals surface area contributed by atoms with Gasteiger partial charge in [0.25, 0.3) is 0 Å².